The normalized spacial score (nSPS) is 18.4. The van der Waals surface area contributed by atoms with Crippen molar-refractivity contribution in [2.24, 2.45) is 4.99 Å². The number of fused-ring (bicyclic) bond motifs is 11. The first-order valence-corrected chi connectivity index (χ1v) is 16.4. The lowest BCUT2D eigenvalue weighted by Gasteiger charge is -2.45. The summed E-state index contributed by atoms with van der Waals surface area (Å²) in [5.41, 5.74) is 6.58. The second kappa shape index (κ2) is 9.61. The van der Waals surface area contributed by atoms with E-state index >= 15 is 0 Å². The van der Waals surface area contributed by atoms with Crippen LogP contribution in [0.15, 0.2) is 126 Å². The number of rotatable bonds is 1. The molecule has 3 aliphatic rings. The number of anilines is 1. The second-order valence-electron chi connectivity index (χ2n) is 13.5. The number of ether oxygens (including phenoxy) is 3. The zero-order valence-electron chi connectivity index (χ0n) is 27.0. The third-order valence-electron chi connectivity index (χ3n) is 10.8. The van der Waals surface area contributed by atoms with Crippen molar-refractivity contribution in [3.05, 3.63) is 127 Å². The molecule has 0 aliphatic carbocycles. The molecule has 48 heavy (non-hydrogen) atoms. The van der Waals surface area contributed by atoms with Crippen LogP contribution in [-0.4, -0.2) is 25.8 Å². The van der Waals surface area contributed by atoms with Gasteiger partial charge in [-0.05, 0) is 93.9 Å². The monoisotopic (exact) mass is 624 g/mol. The van der Waals surface area contributed by atoms with E-state index in [1.165, 1.54) is 10.9 Å². The molecule has 3 heterocycles. The summed E-state index contributed by atoms with van der Waals surface area (Å²) < 4.78 is 19.2. The summed E-state index contributed by atoms with van der Waals surface area (Å²) in [5.74, 6) is 2.48. The third kappa shape index (κ3) is 3.59. The molecular weight excluding hydrogens is 592 g/mol. The summed E-state index contributed by atoms with van der Waals surface area (Å²) in [7, 11) is 2.11. The maximum Gasteiger partial charge on any atom is 0.230 e. The van der Waals surface area contributed by atoms with Crippen LogP contribution in [0.2, 0.25) is 0 Å². The summed E-state index contributed by atoms with van der Waals surface area (Å²) in [6.45, 7) is 4.70. The molecule has 0 N–H and O–H groups in total. The van der Waals surface area contributed by atoms with Gasteiger partial charge in [0.2, 0.25) is 12.5 Å². The molecule has 0 amide bonds. The summed E-state index contributed by atoms with van der Waals surface area (Å²) >= 11 is 0. The quantitative estimate of drug-likeness (QED) is 0.182. The molecule has 0 saturated carbocycles. The highest BCUT2D eigenvalue weighted by molar-refractivity contribution is 6.10. The molecule has 1 spiro atoms. The predicted octanol–water partition coefficient (Wildman–Crippen LogP) is 10.4. The average molecular weight is 625 g/mol. The lowest BCUT2D eigenvalue weighted by atomic mass is 9.77. The van der Waals surface area contributed by atoms with Crippen LogP contribution in [-0.2, 0) is 5.41 Å². The smallest absolute Gasteiger partial charge is 0.230 e. The molecular formula is C43H32N2O3. The van der Waals surface area contributed by atoms with Crippen LogP contribution < -0.4 is 19.1 Å². The molecule has 7 aromatic carbocycles. The highest BCUT2D eigenvalue weighted by Gasteiger charge is 2.58. The molecule has 5 nitrogen and oxygen atoms in total. The summed E-state index contributed by atoms with van der Waals surface area (Å²) in [4.78, 5) is 7.31. The van der Waals surface area contributed by atoms with Crippen LogP contribution >= 0.6 is 0 Å². The molecule has 0 fully saturated rings. The van der Waals surface area contributed by atoms with Crippen LogP contribution in [0.25, 0.3) is 54.6 Å². The number of hydrogen-bond donors (Lipinski definition) is 0. The number of hydrogen-bond acceptors (Lipinski definition) is 5. The lowest BCUT2D eigenvalue weighted by Crippen LogP contribution is -2.61. The fourth-order valence-corrected chi connectivity index (χ4v) is 8.19. The van der Waals surface area contributed by atoms with E-state index in [0.717, 1.165) is 77.8 Å². The molecule has 0 bridgehead atoms. The molecule has 232 valence electrons. The minimum absolute atomic E-state index is 0.180. The summed E-state index contributed by atoms with van der Waals surface area (Å²) in [5, 5.41) is 6.87. The van der Waals surface area contributed by atoms with Gasteiger partial charge >= 0.3 is 0 Å². The Labute approximate surface area is 278 Å². The van der Waals surface area contributed by atoms with E-state index in [1.54, 1.807) is 0 Å². The Morgan fingerprint density at radius 1 is 0.604 bits per heavy atom. The number of benzene rings is 7. The zero-order valence-corrected chi connectivity index (χ0v) is 27.0. The molecule has 0 saturated heterocycles. The molecule has 5 heteroatoms. The van der Waals surface area contributed by atoms with Gasteiger partial charge in [-0.1, -0.05) is 84.9 Å². The maximum absolute atomic E-state index is 6.98. The van der Waals surface area contributed by atoms with Crippen molar-refractivity contribution >= 4 is 49.9 Å². The number of nitrogens with zero attached hydrogens (tertiary/aromatic N) is 2. The van der Waals surface area contributed by atoms with E-state index in [4.69, 9.17) is 19.2 Å². The van der Waals surface area contributed by atoms with E-state index in [-0.39, 0.29) is 6.79 Å². The zero-order chi connectivity index (χ0) is 32.2. The van der Waals surface area contributed by atoms with E-state index in [9.17, 15) is 0 Å². The van der Waals surface area contributed by atoms with Crippen LogP contribution in [0.4, 0.5) is 11.4 Å². The van der Waals surface area contributed by atoms with E-state index in [0.29, 0.717) is 0 Å². The van der Waals surface area contributed by atoms with Crippen molar-refractivity contribution in [2.75, 3.05) is 18.7 Å². The van der Waals surface area contributed by atoms with Gasteiger partial charge in [0.15, 0.2) is 0 Å². The van der Waals surface area contributed by atoms with E-state index < -0.39 is 11.1 Å². The van der Waals surface area contributed by atoms with Crippen molar-refractivity contribution in [2.45, 2.75) is 25.0 Å². The first-order chi connectivity index (χ1) is 23.4. The van der Waals surface area contributed by atoms with Crippen molar-refractivity contribution < 1.29 is 14.2 Å². The third-order valence-corrected chi connectivity index (χ3v) is 10.8. The Morgan fingerprint density at radius 2 is 1.21 bits per heavy atom. The van der Waals surface area contributed by atoms with Gasteiger partial charge < -0.3 is 19.1 Å². The first-order valence-electron chi connectivity index (χ1n) is 16.4. The van der Waals surface area contributed by atoms with Crippen LogP contribution in [0.1, 0.15) is 19.4 Å². The van der Waals surface area contributed by atoms with Gasteiger partial charge in [0.05, 0.1) is 11.6 Å². The SMILES string of the molecule is CN1c2ccc(-c3ccc4c5c(ccc4c3)OCOc3ccc4ccccc4c3-5)cc2C(C)(C)C12C=Nc1c(ccc3ccccc13)O2. The van der Waals surface area contributed by atoms with E-state index in [1.807, 2.05) is 6.21 Å². The van der Waals surface area contributed by atoms with Gasteiger partial charge in [0, 0.05) is 29.2 Å². The van der Waals surface area contributed by atoms with Crippen molar-refractivity contribution in [3.8, 4) is 39.5 Å². The van der Waals surface area contributed by atoms with Gasteiger partial charge in [-0.15, -0.1) is 0 Å². The van der Waals surface area contributed by atoms with Crippen LogP contribution in [0.5, 0.6) is 17.2 Å². The number of aliphatic imine (C=N–C) groups is 1. The molecule has 7 aromatic rings. The highest BCUT2D eigenvalue weighted by Crippen LogP contribution is 2.55. The minimum atomic E-state index is -0.761. The molecule has 3 aliphatic heterocycles. The molecule has 10 rings (SSSR count). The van der Waals surface area contributed by atoms with Gasteiger partial charge in [-0.25, -0.2) is 0 Å². The fourth-order valence-electron chi connectivity index (χ4n) is 8.19. The molecule has 1 atom stereocenters. The average Bonchev–Trinajstić information content (AvgIpc) is 3.24. The second-order valence-corrected chi connectivity index (χ2v) is 13.5. The van der Waals surface area contributed by atoms with Gasteiger partial charge in [0.25, 0.3) is 0 Å². The van der Waals surface area contributed by atoms with Crippen LogP contribution in [0, 0.1) is 0 Å². The molecule has 0 radical (unpaired) electrons. The number of likely N-dealkylation sites (N-methyl/N-ethyl adjacent to an activating group) is 1. The highest BCUT2D eigenvalue weighted by atomic mass is 16.7. The Bertz CT molecular complexity index is 2530. The van der Waals surface area contributed by atoms with Crippen LogP contribution in [0.3, 0.4) is 0 Å². The van der Waals surface area contributed by atoms with Gasteiger partial charge in [0.1, 0.15) is 22.9 Å². The minimum Gasteiger partial charge on any atom is -0.459 e. The molecule has 1 unspecified atom stereocenters. The predicted molar refractivity (Wildman–Crippen MR) is 195 cm³/mol. The summed E-state index contributed by atoms with van der Waals surface area (Å²) in [6, 6.07) is 42.9. The molecule has 0 aromatic heterocycles. The van der Waals surface area contributed by atoms with E-state index in [2.05, 4.69) is 147 Å². The standard InChI is InChI=1S/C43H32N2O3/c1-42(2)34-23-29(13-18-35(34)45(3)43(42)24-44-41-33-11-7-5-9-27(33)15-21-38(41)48-43)28-12-17-32-30(22-28)16-20-37-40(32)39-31-10-6-4-8-26(31)14-19-36(39)46-25-47-37/h4-24H,25H2,1-3H3. The van der Waals surface area contributed by atoms with Gasteiger partial charge in [-0.2, -0.15) is 0 Å². The topological polar surface area (TPSA) is 43.3 Å². The fraction of sp³-hybridized carbons (Fsp3) is 0.140. The van der Waals surface area contributed by atoms with Crippen molar-refractivity contribution in [3.63, 3.8) is 0 Å². The Kier molecular flexibility index (Phi) is 5.47. The Balaban J connectivity index is 1.08. The summed E-state index contributed by atoms with van der Waals surface area (Å²) in [6.07, 6.45) is 2.01. The first kappa shape index (κ1) is 27.3. The Hall–Kier alpha value is -5.81. The van der Waals surface area contributed by atoms with Crippen molar-refractivity contribution in [1.82, 2.24) is 0 Å². The Morgan fingerprint density at radius 3 is 1.98 bits per heavy atom. The van der Waals surface area contributed by atoms with Gasteiger partial charge in [-0.3, -0.25) is 4.99 Å². The maximum atomic E-state index is 6.98. The largest absolute Gasteiger partial charge is 0.459 e. The van der Waals surface area contributed by atoms with Crippen molar-refractivity contribution in [1.29, 1.82) is 0 Å². The lowest BCUT2D eigenvalue weighted by molar-refractivity contribution is 0.0827.